The lowest BCUT2D eigenvalue weighted by molar-refractivity contribution is -0.123. The van der Waals surface area contributed by atoms with Crippen molar-refractivity contribution in [2.75, 3.05) is 26.4 Å². The number of aliphatic hydroxyl groups excluding tert-OH is 1. The first-order chi connectivity index (χ1) is 9.69. The first-order valence-corrected chi connectivity index (χ1v) is 7.30. The Bertz CT molecular complexity index is 443. The second-order valence-corrected chi connectivity index (χ2v) is 5.47. The molecule has 0 aromatic heterocycles. The maximum atomic E-state index is 12.3. The van der Waals surface area contributed by atoms with Gasteiger partial charge in [-0.25, -0.2) is 0 Å². The Morgan fingerprint density at radius 1 is 1.30 bits per heavy atom. The third-order valence-corrected chi connectivity index (χ3v) is 3.82. The molecule has 5 heteroatoms. The molecule has 1 aromatic rings. The van der Waals surface area contributed by atoms with E-state index >= 15 is 0 Å². The monoisotopic (exact) mass is 297 g/mol. The molecule has 0 unspecified atom stereocenters. The quantitative estimate of drug-likeness (QED) is 0.720. The zero-order valence-corrected chi connectivity index (χ0v) is 12.2. The number of benzene rings is 1. The van der Waals surface area contributed by atoms with E-state index in [1.165, 1.54) is 0 Å². The van der Waals surface area contributed by atoms with Crippen LogP contribution in [0, 0.1) is 0 Å². The fraction of sp³-hybridized carbons (Fsp3) is 0.533. The molecule has 110 valence electrons. The number of amides is 1. The van der Waals surface area contributed by atoms with Crippen molar-refractivity contribution in [2.24, 2.45) is 0 Å². The minimum Gasteiger partial charge on any atom is -0.394 e. The van der Waals surface area contributed by atoms with Gasteiger partial charge in [0.15, 0.2) is 0 Å². The van der Waals surface area contributed by atoms with Gasteiger partial charge in [-0.1, -0.05) is 23.7 Å². The van der Waals surface area contributed by atoms with Gasteiger partial charge in [0.1, 0.15) is 0 Å². The van der Waals surface area contributed by atoms with Crippen LogP contribution in [0.1, 0.15) is 24.8 Å². The van der Waals surface area contributed by atoms with Crippen LogP contribution in [0.4, 0.5) is 0 Å². The standard InChI is InChI=1S/C15H20ClNO3/c16-13-4-2-12(3-5-13)15(6-7-15)14(19)17-8-1-10-20-11-9-18/h2-5,18H,1,6-11H2,(H,17,19). The fourth-order valence-corrected chi connectivity index (χ4v) is 2.38. The predicted octanol–water partition coefficient (Wildman–Crippen LogP) is 1.89. The first kappa shape index (κ1) is 15.3. The molecular weight excluding hydrogens is 278 g/mol. The van der Waals surface area contributed by atoms with Crippen molar-refractivity contribution in [3.8, 4) is 0 Å². The molecule has 1 fully saturated rings. The Morgan fingerprint density at radius 3 is 2.60 bits per heavy atom. The van der Waals surface area contributed by atoms with Crippen LogP contribution in [-0.4, -0.2) is 37.4 Å². The lowest BCUT2D eigenvalue weighted by atomic mass is 9.95. The molecule has 0 spiro atoms. The highest BCUT2D eigenvalue weighted by molar-refractivity contribution is 6.30. The maximum absolute atomic E-state index is 12.3. The second kappa shape index (κ2) is 7.07. The Balaban J connectivity index is 1.78. The lowest BCUT2D eigenvalue weighted by Gasteiger charge is -2.16. The number of nitrogens with one attached hydrogen (secondary N) is 1. The van der Waals surface area contributed by atoms with Crippen molar-refractivity contribution in [3.63, 3.8) is 0 Å². The molecule has 1 aromatic carbocycles. The zero-order valence-electron chi connectivity index (χ0n) is 11.4. The normalized spacial score (nSPS) is 15.9. The van der Waals surface area contributed by atoms with Gasteiger partial charge in [-0.15, -0.1) is 0 Å². The van der Waals surface area contributed by atoms with Gasteiger partial charge < -0.3 is 15.2 Å². The third-order valence-electron chi connectivity index (χ3n) is 3.57. The van der Waals surface area contributed by atoms with Crippen molar-refractivity contribution in [1.82, 2.24) is 5.32 Å². The molecule has 0 bridgehead atoms. The summed E-state index contributed by atoms with van der Waals surface area (Å²) in [6.07, 6.45) is 2.53. The largest absolute Gasteiger partial charge is 0.394 e. The van der Waals surface area contributed by atoms with Gasteiger partial charge in [0.2, 0.25) is 5.91 Å². The van der Waals surface area contributed by atoms with Gasteiger partial charge in [0, 0.05) is 18.2 Å². The molecule has 2 rings (SSSR count). The van der Waals surface area contributed by atoms with E-state index in [0.29, 0.717) is 24.8 Å². The number of rotatable bonds is 8. The van der Waals surface area contributed by atoms with Crippen molar-refractivity contribution in [1.29, 1.82) is 0 Å². The van der Waals surface area contributed by atoms with E-state index in [4.69, 9.17) is 21.4 Å². The Labute approximate surface area is 124 Å². The predicted molar refractivity (Wildman–Crippen MR) is 77.9 cm³/mol. The summed E-state index contributed by atoms with van der Waals surface area (Å²) in [6.45, 7) is 1.53. The highest BCUT2D eigenvalue weighted by Gasteiger charge is 2.50. The summed E-state index contributed by atoms with van der Waals surface area (Å²) in [5.41, 5.74) is 0.687. The fourth-order valence-electron chi connectivity index (χ4n) is 2.25. The van der Waals surface area contributed by atoms with Crippen LogP contribution in [0.2, 0.25) is 5.02 Å². The molecule has 2 N–H and O–H groups in total. The summed E-state index contributed by atoms with van der Waals surface area (Å²) in [5, 5.41) is 12.2. The average molecular weight is 298 g/mol. The smallest absolute Gasteiger partial charge is 0.230 e. The van der Waals surface area contributed by atoms with Crippen LogP contribution >= 0.6 is 11.6 Å². The molecule has 0 radical (unpaired) electrons. The number of aliphatic hydroxyl groups is 1. The van der Waals surface area contributed by atoms with Crippen LogP contribution in [0.3, 0.4) is 0 Å². The Hall–Kier alpha value is -1.10. The number of ether oxygens (including phenoxy) is 1. The maximum Gasteiger partial charge on any atom is 0.230 e. The molecule has 1 saturated carbocycles. The number of carbonyl (C=O) groups is 1. The second-order valence-electron chi connectivity index (χ2n) is 5.03. The summed E-state index contributed by atoms with van der Waals surface area (Å²) >= 11 is 5.87. The van der Waals surface area contributed by atoms with Crippen molar-refractivity contribution >= 4 is 17.5 Å². The topological polar surface area (TPSA) is 58.6 Å². The Kier molecular flexibility index (Phi) is 5.40. The summed E-state index contributed by atoms with van der Waals surface area (Å²) in [6, 6.07) is 7.51. The molecule has 20 heavy (non-hydrogen) atoms. The summed E-state index contributed by atoms with van der Waals surface area (Å²) < 4.78 is 5.15. The van der Waals surface area contributed by atoms with Crippen LogP contribution in [0.5, 0.6) is 0 Å². The van der Waals surface area contributed by atoms with E-state index in [1.54, 1.807) is 0 Å². The van der Waals surface area contributed by atoms with Crippen LogP contribution in [0.15, 0.2) is 24.3 Å². The van der Waals surface area contributed by atoms with E-state index in [-0.39, 0.29) is 17.9 Å². The average Bonchev–Trinajstić information content (AvgIpc) is 3.25. The number of carbonyl (C=O) groups excluding carboxylic acids is 1. The molecule has 1 aliphatic carbocycles. The highest BCUT2D eigenvalue weighted by Crippen LogP contribution is 2.48. The van der Waals surface area contributed by atoms with E-state index in [0.717, 1.165) is 24.8 Å². The summed E-state index contributed by atoms with van der Waals surface area (Å²) in [7, 11) is 0. The van der Waals surface area contributed by atoms with Gasteiger partial charge in [-0.05, 0) is 37.0 Å². The van der Waals surface area contributed by atoms with Gasteiger partial charge in [-0.2, -0.15) is 0 Å². The molecule has 4 nitrogen and oxygen atoms in total. The summed E-state index contributed by atoms with van der Waals surface area (Å²) in [4.78, 5) is 12.3. The van der Waals surface area contributed by atoms with E-state index in [9.17, 15) is 4.79 Å². The highest BCUT2D eigenvalue weighted by atomic mass is 35.5. The van der Waals surface area contributed by atoms with Gasteiger partial charge in [-0.3, -0.25) is 4.79 Å². The minimum atomic E-state index is -0.351. The van der Waals surface area contributed by atoms with Gasteiger partial charge in [0.25, 0.3) is 0 Å². The number of halogens is 1. The van der Waals surface area contributed by atoms with Crippen molar-refractivity contribution in [3.05, 3.63) is 34.9 Å². The van der Waals surface area contributed by atoms with E-state index < -0.39 is 0 Å². The van der Waals surface area contributed by atoms with Crippen LogP contribution in [0.25, 0.3) is 0 Å². The first-order valence-electron chi connectivity index (χ1n) is 6.92. The molecule has 0 heterocycles. The molecule has 1 aliphatic rings. The third kappa shape index (κ3) is 3.72. The van der Waals surface area contributed by atoms with Gasteiger partial charge in [0.05, 0.1) is 18.6 Å². The molecule has 0 aliphatic heterocycles. The number of hydrogen-bond acceptors (Lipinski definition) is 3. The van der Waals surface area contributed by atoms with Gasteiger partial charge >= 0.3 is 0 Å². The number of hydrogen-bond donors (Lipinski definition) is 2. The van der Waals surface area contributed by atoms with Crippen LogP contribution in [-0.2, 0) is 14.9 Å². The zero-order chi connectivity index (χ0) is 14.4. The lowest BCUT2D eigenvalue weighted by Crippen LogP contribution is -2.35. The molecule has 1 amide bonds. The van der Waals surface area contributed by atoms with Crippen molar-refractivity contribution in [2.45, 2.75) is 24.7 Å². The SMILES string of the molecule is O=C(NCCCOCCO)C1(c2ccc(Cl)cc2)CC1. The summed E-state index contributed by atoms with van der Waals surface area (Å²) in [5.74, 6) is 0.0852. The molecule has 0 atom stereocenters. The molecular formula is C15H20ClNO3. The van der Waals surface area contributed by atoms with Crippen LogP contribution < -0.4 is 5.32 Å². The molecule has 0 saturated heterocycles. The minimum absolute atomic E-state index is 0.0338. The van der Waals surface area contributed by atoms with E-state index in [1.807, 2.05) is 24.3 Å². The van der Waals surface area contributed by atoms with E-state index in [2.05, 4.69) is 5.32 Å². The van der Waals surface area contributed by atoms with Crippen molar-refractivity contribution < 1.29 is 14.6 Å². The Morgan fingerprint density at radius 2 is 2.00 bits per heavy atom.